The molecule has 4 nitrogen and oxygen atoms in total. The minimum absolute atomic E-state index is 0.0287. The number of ether oxygens (including phenoxy) is 2. The van der Waals surface area contributed by atoms with Crippen molar-refractivity contribution in [1.29, 1.82) is 0 Å². The Balaban J connectivity index is 0.000000239. The van der Waals surface area contributed by atoms with E-state index in [1.165, 1.54) is 21.4 Å². The molecule has 0 radical (unpaired) electrons. The Labute approximate surface area is 140 Å². The van der Waals surface area contributed by atoms with Crippen molar-refractivity contribution in [3.63, 3.8) is 0 Å². The van der Waals surface area contributed by atoms with Crippen molar-refractivity contribution in [1.82, 2.24) is 0 Å². The zero-order valence-electron chi connectivity index (χ0n) is 12.5. The van der Waals surface area contributed by atoms with Gasteiger partial charge in [0.05, 0.1) is 14.2 Å². The van der Waals surface area contributed by atoms with Crippen LogP contribution >= 0.6 is 0 Å². The second kappa shape index (κ2) is 10.8. The van der Waals surface area contributed by atoms with Crippen LogP contribution in [0.1, 0.15) is 6.42 Å². The molecule has 0 heterocycles. The lowest BCUT2D eigenvalue weighted by molar-refractivity contribution is -0.597. The second-order valence-corrected chi connectivity index (χ2v) is 7.05. The first-order valence-electron chi connectivity index (χ1n) is 6.54. The van der Waals surface area contributed by atoms with Crippen LogP contribution in [0.4, 0.5) is 0 Å². The van der Waals surface area contributed by atoms with Gasteiger partial charge in [0.2, 0.25) is 0 Å². The molecule has 116 valence electrons. The van der Waals surface area contributed by atoms with E-state index in [4.69, 9.17) is 0 Å². The molecule has 0 amide bonds. The van der Waals surface area contributed by atoms with Gasteiger partial charge in [0, 0.05) is 0 Å². The van der Waals surface area contributed by atoms with Gasteiger partial charge in [-0.1, -0.05) is 36.4 Å². The minimum Gasteiger partial charge on any atom is -0.469 e. The third-order valence-electron chi connectivity index (χ3n) is 2.43. The summed E-state index contributed by atoms with van der Waals surface area (Å²) in [5, 5.41) is 0. The molecule has 2 aromatic rings. The van der Waals surface area contributed by atoms with Gasteiger partial charge in [0.1, 0.15) is 6.42 Å². The topological polar surface area (TPSA) is 52.6 Å². The number of carbonyl (C=O) groups excluding carboxylic acids is 2. The Hall–Kier alpha value is -1.89. The van der Waals surface area contributed by atoms with Gasteiger partial charge in [-0.25, -0.2) is 0 Å². The summed E-state index contributed by atoms with van der Waals surface area (Å²) in [5.41, 5.74) is 0. The van der Waals surface area contributed by atoms with E-state index >= 15 is 0 Å². The highest BCUT2D eigenvalue weighted by atomic mass is 127. The van der Waals surface area contributed by atoms with E-state index in [0.29, 0.717) is 0 Å². The van der Waals surface area contributed by atoms with Crippen molar-refractivity contribution in [3.8, 4) is 0 Å². The zero-order valence-corrected chi connectivity index (χ0v) is 14.6. The van der Waals surface area contributed by atoms with Crippen LogP contribution in [-0.2, 0) is 19.1 Å². The van der Waals surface area contributed by atoms with Crippen LogP contribution < -0.4 is 21.2 Å². The SMILES string of the molecule is COC(=O)CC(=O)OC.c1ccc([I+]c2ccccc2)cc1. The molecule has 2 rings (SSSR count). The summed E-state index contributed by atoms with van der Waals surface area (Å²) in [4.78, 5) is 20.5. The molecule has 2 aromatic carbocycles. The lowest BCUT2D eigenvalue weighted by atomic mass is 10.4. The molecule has 0 saturated heterocycles. The first kappa shape index (κ1) is 18.2. The normalized spacial score (nSPS) is 9.18. The van der Waals surface area contributed by atoms with Crippen LogP contribution in [0.5, 0.6) is 0 Å². The number of carbonyl (C=O) groups is 2. The zero-order chi connectivity index (χ0) is 16.2. The lowest BCUT2D eigenvalue weighted by Crippen LogP contribution is -3.61. The molecular formula is C17H18IO4+. The van der Waals surface area contributed by atoms with Gasteiger partial charge in [0.25, 0.3) is 0 Å². The Kier molecular flexibility index (Phi) is 8.90. The number of methoxy groups -OCH3 is 2. The maximum Gasteiger partial charge on any atom is 0.357 e. The molecule has 22 heavy (non-hydrogen) atoms. The molecular weight excluding hydrogens is 395 g/mol. The maximum absolute atomic E-state index is 10.3. The van der Waals surface area contributed by atoms with Gasteiger partial charge in [-0.15, -0.1) is 0 Å². The summed E-state index contributed by atoms with van der Waals surface area (Å²) in [6, 6.07) is 21.4. The molecule has 0 aliphatic heterocycles. The van der Waals surface area contributed by atoms with E-state index in [0.717, 1.165) is 0 Å². The molecule has 0 atom stereocenters. The fourth-order valence-electron chi connectivity index (χ4n) is 1.34. The van der Waals surface area contributed by atoms with E-state index < -0.39 is 11.9 Å². The van der Waals surface area contributed by atoms with Gasteiger partial charge < -0.3 is 9.47 Å². The summed E-state index contributed by atoms with van der Waals surface area (Å²) in [6.45, 7) is 0. The summed E-state index contributed by atoms with van der Waals surface area (Å²) in [5.74, 6) is -1.16. The van der Waals surface area contributed by atoms with Gasteiger partial charge in [-0.2, -0.15) is 0 Å². The van der Waals surface area contributed by atoms with Gasteiger partial charge in [-0.3, -0.25) is 9.59 Å². The molecule has 0 saturated carbocycles. The molecule has 0 aliphatic carbocycles. The third-order valence-corrected chi connectivity index (χ3v) is 5.11. The van der Waals surface area contributed by atoms with Gasteiger partial charge >= 0.3 is 33.1 Å². The molecule has 5 heteroatoms. The highest BCUT2D eigenvalue weighted by Gasteiger charge is 2.12. The molecule has 0 unspecified atom stereocenters. The number of esters is 2. The van der Waals surface area contributed by atoms with Crippen LogP contribution in [0.15, 0.2) is 60.7 Å². The van der Waals surface area contributed by atoms with E-state index in [1.807, 2.05) is 0 Å². The number of benzene rings is 2. The number of hydrogen-bond donors (Lipinski definition) is 0. The van der Waals surface area contributed by atoms with Gasteiger partial charge in [0.15, 0.2) is 7.14 Å². The van der Waals surface area contributed by atoms with Crippen molar-refractivity contribution in [2.45, 2.75) is 6.42 Å². The van der Waals surface area contributed by atoms with Crippen LogP contribution in [0.2, 0.25) is 0 Å². The van der Waals surface area contributed by atoms with E-state index in [-0.39, 0.29) is 27.6 Å². The Morgan fingerprint density at radius 1 is 0.773 bits per heavy atom. The lowest BCUT2D eigenvalue weighted by Gasteiger charge is -1.95. The predicted molar refractivity (Wildman–Crippen MR) is 78.9 cm³/mol. The van der Waals surface area contributed by atoms with Crippen LogP contribution in [0.3, 0.4) is 0 Å². The Morgan fingerprint density at radius 2 is 1.14 bits per heavy atom. The van der Waals surface area contributed by atoms with E-state index in [9.17, 15) is 9.59 Å². The number of rotatable bonds is 4. The summed E-state index contributed by atoms with van der Waals surface area (Å²) < 4.78 is 11.3. The molecule has 0 N–H and O–H groups in total. The maximum atomic E-state index is 10.3. The second-order valence-electron chi connectivity index (χ2n) is 4.01. The van der Waals surface area contributed by atoms with Crippen molar-refractivity contribution >= 4 is 11.9 Å². The average Bonchev–Trinajstić information content (AvgIpc) is 2.57. The fourth-order valence-corrected chi connectivity index (χ4v) is 3.61. The predicted octanol–water partition coefficient (Wildman–Crippen LogP) is -0.462. The first-order chi connectivity index (χ1) is 10.7. The summed E-state index contributed by atoms with van der Waals surface area (Å²) in [7, 11) is 2.43. The molecule has 0 aromatic heterocycles. The largest absolute Gasteiger partial charge is 0.469 e. The van der Waals surface area contributed by atoms with Gasteiger partial charge in [-0.05, 0) is 24.3 Å². The highest BCUT2D eigenvalue weighted by molar-refractivity contribution is 5.90. The molecule has 0 bridgehead atoms. The number of hydrogen-bond acceptors (Lipinski definition) is 4. The first-order valence-corrected chi connectivity index (χ1v) is 8.70. The summed E-state index contributed by atoms with van der Waals surface area (Å²) >= 11 is 0.0287. The summed E-state index contributed by atoms with van der Waals surface area (Å²) in [6.07, 6.45) is -0.312. The van der Waals surface area contributed by atoms with E-state index in [2.05, 4.69) is 70.1 Å². The molecule has 0 spiro atoms. The average molecular weight is 413 g/mol. The molecule has 0 aliphatic rings. The fraction of sp³-hybridized carbons (Fsp3) is 0.176. The van der Waals surface area contributed by atoms with E-state index in [1.54, 1.807) is 0 Å². The van der Waals surface area contributed by atoms with Crippen molar-refractivity contribution in [2.24, 2.45) is 0 Å². The van der Waals surface area contributed by atoms with Crippen LogP contribution in [-0.4, -0.2) is 26.2 Å². The Bertz CT molecular complexity index is 518. The quantitative estimate of drug-likeness (QED) is 0.387. The smallest absolute Gasteiger partial charge is 0.357 e. The van der Waals surface area contributed by atoms with Crippen molar-refractivity contribution < 1.29 is 40.3 Å². The minimum atomic E-state index is -0.582. The highest BCUT2D eigenvalue weighted by Crippen LogP contribution is 1.86. The Morgan fingerprint density at radius 3 is 1.45 bits per heavy atom. The van der Waals surface area contributed by atoms with Crippen LogP contribution in [0, 0.1) is 7.14 Å². The standard InChI is InChI=1S/C12H10I.C5H8O4/c1-3-7-11(8-4-1)13-12-9-5-2-6-10-12;1-8-4(6)3-5(7)9-2/h1-10H;3H2,1-2H3/q+1;. The molecule has 0 fully saturated rings. The van der Waals surface area contributed by atoms with Crippen molar-refractivity contribution in [3.05, 3.63) is 67.8 Å². The van der Waals surface area contributed by atoms with Crippen LogP contribution in [0.25, 0.3) is 0 Å². The monoisotopic (exact) mass is 413 g/mol. The van der Waals surface area contributed by atoms with Crippen molar-refractivity contribution in [2.75, 3.05) is 14.2 Å². The number of halogens is 1. The third kappa shape index (κ3) is 7.78.